The Bertz CT molecular complexity index is 1160. The van der Waals surface area contributed by atoms with Crippen LogP contribution in [0.25, 0.3) is 0 Å². The van der Waals surface area contributed by atoms with Crippen LogP contribution < -0.4 is 25.6 Å². The van der Waals surface area contributed by atoms with E-state index in [4.69, 9.17) is 15.5 Å². The van der Waals surface area contributed by atoms with Crippen molar-refractivity contribution in [3.05, 3.63) is 71.4 Å². The molecule has 1 aliphatic carbocycles. The zero-order chi connectivity index (χ0) is 25.7. The van der Waals surface area contributed by atoms with Crippen LogP contribution in [-0.2, 0) is 6.61 Å². The summed E-state index contributed by atoms with van der Waals surface area (Å²) in [6, 6.07) is 17.5. The average molecular weight is 489 g/mol. The van der Waals surface area contributed by atoms with Crippen molar-refractivity contribution >= 4 is 23.5 Å². The first-order valence-electron chi connectivity index (χ1n) is 12.5. The van der Waals surface area contributed by atoms with Crippen LogP contribution in [-0.4, -0.2) is 42.2 Å². The monoisotopic (exact) mass is 488 g/mol. The van der Waals surface area contributed by atoms with Gasteiger partial charge in [0.15, 0.2) is 0 Å². The lowest BCUT2D eigenvalue weighted by atomic mass is 9.90. The maximum atomic E-state index is 12.4. The first-order valence-corrected chi connectivity index (χ1v) is 12.5. The number of nitrogens with two attached hydrogens (primary N) is 1. The Labute approximate surface area is 213 Å². The third-order valence-electron chi connectivity index (χ3n) is 6.78. The Morgan fingerprint density at radius 2 is 1.67 bits per heavy atom. The summed E-state index contributed by atoms with van der Waals surface area (Å²) in [7, 11) is 3.98. The number of nitrogens with zero attached hydrogens (tertiary/aromatic N) is 4. The summed E-state index contributed by atoms with van der Waals surface area (Å²) in [4.78, 5) is 25.5. The van der Waals surface area contributed by atoms with Crippen LogP contribution in [0.3, 0.4) is 0 Å². The van der Waals surface area contributed by atoms with Crippen molar-refractivity contribution in [2.45, 2.75) is 58.2 Å². The van der Waals surface area contributed by atoms with E-state index in [2.05, 4.69) is 10.3 Å². The van der Waals surface area contributed by atoms with Gasteiger partial charge < -0.3 is 20.7 Å². The lowest BCUT2D eigenvalue weighted by Gasteiger charge is -2.36. The number of benzene rings is 2. The summed E-state index contributed by atoms with van der Waals surface area (Å²) < 4.78 is 5.88. The van der Waals surface area contributed by atoms with E-state index in [-0.39, 0.29) is 12.1 Å². The number of urea groups is 1. The number of hydrogen-bond acceptors (Lipinski definition) is 6. The molecule has 1 aromatic heterocycles. The molecule has 0 unspecified atom stereocenters. The summed E-state index contributed by atoms with van der Waals surface area (Å²) >= 11 is 0. The Kier molecular flexibility index (Phi) is 7.93. The van der Waals surface area contributed by atoms with Gasteiger partial charge in [-0.15, -0.1) is 0 Å². The molecule has 0 atom stereocenters. The Morgan fingerprint density at radius 1 is 1.00 bits per heavy atom. The normalized spacial score (nSPS) is 17.3. The fourth-order valence-corrected chi connectivity index (χ4v) is 4.74. The molecule has 0 bridgehead atoms. The van der Waals surface area contributed by atoms with Gasteiger partial charge in [-0.3, -0.25) is 4.90 Å². The number of primary amides is 1. The third-order valence-corrected chi connectivity index (χ3v) is 6.78. The summed E-state index contributed by atoms with van der Waals surface area (Å²) in [6.45, 7) is 4.55. The number of nitrogens with one attached hydrogen (secondary N) is 1. The number of carbonyl (C=O) groups excluding carboxylic acids is 1. The summed E-state index contributed by atoms with van der Waals surface area (Å²) in [6.07, 6.45) is 3.50. The molecule has 1 heterocycles. The third kappa shape index (κ3) is 6.05. The maximum absolute atomic E-state index is 12.4. The van der Waals surface area contributed by atoms with E-state index in [1.807, 2.05) is 87.4 Å². The van der Waals surface area contributed by atoms with E-state index in [0.717, 1.165) is 59.8 Å². The molecule has 8 heteroatoms. The smallest absolute Gasteiger partial charge is 0.319 e. The second-order valence-corrected chi connectivity index (χ2v) is 9.60. The lowest BCUT2D eigenvalue weighted by Crippen LogP contribution is -2.46. The summed E-state index contributed by atoms with van der Waals surface area (Å²) in [5.41, 5.74) is 9.78. The largest absolute Gasteiger partial charge is 0.489 e. The van der Waals surface area contributed by atoms with E-state index in [9.17, 15) is 4.79 Å². The number of anilines is 3. The summed E-state index contributed by atoms with van der Waals surface area (Å²) in [5.74, 6) is 2.34. The molecule has 1 aliphatic rings. The first kappa shape index (κ1) is 25.3. The highest BCUT2D eigenvalue weighted by Crippen LogP contribution is 2.30. The number of ether oxygens (including phenoxy) is 1. The molecule has 8 nitrogen and oxygen atoms in total. The van der Waals surface area contributed by atoms with Crippen molar-refractivity contribution in [2.24, 2.45) is 5.73 Å². The van der Waals surface area contributed by atoms with Gasteiger partial charge in [-0.05, 0) is 69.4 Å². The second kappa shape index (κ2) is 11.3. The Balaban J connectivity index is 1.36. The molecule has 2 amide bonds. The fraction of sp³-hybridized carbons (Fsp3) is 0.393. The average Bonchev–Trinajstić information content (AvgIpc) is 2.87. The van der Waals surface area contributed by atoms with Crippen molar-refractivity contribution in [3.63, 3.8) is 0 Å². The van der Waals surface area contributed by atoms with Crippen LogP contribution >= 0.6 is 0 Å². The maximum Gasteiger partial charge on any atom is 0.319 e. The molecule has 2 aromatic carbocycles. The van der Waals surface area contributed by atoms with Gasteiger partial charge in [-0.2, -0.15) is 4.98 Å². The number of carbonyl (C=O) groups is 1. The van der Waals surface area contributed by atoms with Crippen LogP contribution in [0.4, 0.5) is 22.2 Å². The van der Waals surface area contributed by atoms with Crippen molar-refractivity contribution in [3.8, 4) is 5.75 Å². The van der Waals surface area contributed by atoms with Crippen LogP contribution in [0.5, 0.6) is 5.75 Å². The van der Waals surface area contributed by atoms with Gasteiger partial charge in [0.05, 0.1) is 0 Å². The standard InChI is InChI=1S/C28H36N6O2/c1-19-20(2)30-28(32-26(19)33(3)4)31-22-10-12-23(13-11-22)34(27(29)35)24-14-16-25(17-15-24)36-18-21-8-6-5-7-9-21/h5-9,14-17,22-23H,10-13,18H2,1-4H3,(H2,29,35)(H,30,31,32). The Hall–Kier alpha value is -3.81. The molecule has 0 saturated heterocycles. The lowest BCUT2D eigenvalue weighted by molar-refractivity contribution is 0.248. The highest BCUT2D eigenvalue weighted by Gasteiger charge is 2.29. The number of hydrogen-bond donors (Lipinski definition) is 2. The minimum atomic E-state index is -0.433. The molecule has 0 radical (unpaired) electrons. The second-order valence-electron chi connectivity index (χ2n) is 9.60. The van der Waals surface area contributed by atoms with Gasteiger partial charge in [-0.1, -0.05) is 30.3 Å². The predicted molar refractivity (Wildman–Crippen MR) is 145 cm³/mol. The molecule has 4 rings (SSSR count). The zero-order valence-corrected chi connectivity index (χ0v) is 21.6. The van der Waals surface area contributed by atoms with Gasteiger partial charge in [0.1, 0.15) is 18.2 Å². The summed E-state index contributed by atoms with van der Waals surface area (Å²) in [5, 5.41) is 3.51. The van der Waals surface area contributed by atoms with Crippen LogP contribution in [0.15, 0.2) is 54.6 Å². The van der Waals surface area contributed by atoms with Crippen molar-refractivity contribution in [2.75, 3.05) is 29.2 Å². The van der Waals surface area contributed by atoms with Crippen molar-refractivity contribution in [1.29, 1.82) is 0 Å². The highest BCUT2D eigenvalue weighted by atomic mass is 16.5. The van der Waals surface area contributed by atoms with Crippen LogP contribution in [0, 0.1) is 13.8 Å². The molecular formula is C28H36N6O2. The van der Waals surface area contributed by atoms with E-state index in [1.165, 1.54) is 0 Å². The first-order chi connectivity index (χ1) is 17.3. The highest BCUT2D eigenvalue weighted by molar-refractivity contribution is 5.91. The fourth-order valence-electron chi connectivity index (χ4n) is 4.74. The van der Waals surface area contributed by atoms with Gasteiger partial charge in [0, 0.05) is 43.1 Å². The molecule has 1 fully saturated rings. The van der Waals surface area contributed by atoms with Crippen LogP contribution in [0.2, 0.25) is 0 Å². The molecule has 0 aliphatic heterocycles. The molecule has 3 aromatic rings. The molecule has 0 spiro atoms. The molecule has 1 saturated carbocycles. The van der Waals surface area contributed by atoms with Gasteiger partial charge >= 0.3 is 6.03 Å². The van der Waals surface area contributed by atoms with Crippen LogP contribution in [0.1, 0.15) is 42.5 Å². The SMILES string of the molecule is Cc1nc(NC2CCC(N(C(N)=O)c3ccc(OCc4ccccc4)cc3)CC2)nc(N(C)C)c1C. The Morgan fingerprint density at radius 3 is 2.28 bits per heavy atom. The molecular weight excluding hydrogens is 452 g/mol. The topological polar surface area (TPSA) is 96.6 Å². The molecule has 190 valence electrons. The van der Waals surface area contributed by atoms with Gasteiger partial charge in [0.2, 0.25) is 5.95 Å². The van der Waals surface area contributed by atoms with E-state index < -0.39 is 6.03 Å². The van der Waals surface area contributed by atoms with Gasteiger partial charge in [-0.25, -0.2) is 9.78 Å². The quantitative estimate of drug-likeness (QED) is 0.461. The molecule has 36 heavy (non-hydrogen) atoms. The van der Waals surface area contributed by atoms with E-state index in [0.29, 0.717) is 12.6 Å². The number of rotatable bonds is 8. The molecule has 3 N–H and O–H groups in total. The predicted octanol–water partition coefficient (Wildman–Crippen LogP) is 5.05. The number of aromatic nitrogens is 2. The number of aryl methyl sites for hydroxylation is 1. The van der Waals surface area contributed by atoms with Gasteiger partial charge in [0.25, 0.3) is 0 Å². The van der Waals surface area contributed by atoms with Crippen molar-refractivity contribution in [1.82, 2.24) is 9.97 Å². The number of amides is 2. The minimum absolute atomic E-state index is 0.0506. The minimum Gasteiger partial charge on any atom is -0.489 e. The zero-order valence-electron chi connectivity index (χ0n) is 21.6. The van der Waals surface area contributed by atoms with E-state index >= 15 is 0 Å². The van der Waals surface area contributed by atoms with E-state index in [1.54, 1.807) is 4.90 Å². The van der Waals surface area contributed by atoms with Crippen molar-refractivity contribution < 1.29 is 9.53 Å².